The topological polar surface area (TPSA) is 182 Å². The van der Waals surface area contributed by atoms with E-state index in [-0.39, 0.29) is 30.7 Å². The Morgan fingerprint density at radius 2 is 1.91 bits per heavy atom. The molecule has 2 saturated heterocycles. The number of carbonyl (C=O) groups is 1. The van der Waals surface area contributed by atoms with Gasteiger partial charge in [-0.15, -0.1) is 0 Å². The zero-order valence-corrected chi connectivity index (χ0v) is 26.8. The molecule has 3 aromatic rings. The van der Waals surface area contributed by atoms with Crippen molar-refractivity contribution in [3.63, 3.8) is 0 Å². The number of nitrogens with zero attached hydrogens (tertiary/aromatic N) is 4. The van der Waals surface area contributed by atoms with Crippen LogP contribution in [0.3, 0.4) is 0 Å². The maximum absolute atomic E-state index is 14.2. The van der Waals surface area contributed by atoms with Gasteiger partial charge in [-0.1, -0.05) is 44.9 Å². The second-order valence-electron chi connectivity index (χ2n) is 11.5. The molecule has 2 aromatic heterocycles. The van der Waals surface area contributed by atoms with Crippen molar-refractivity contribution in [2.75, 3.05) is 18.9 Å². The van der Waals surface area contributed by atoms with Crippen LogP contribution >= 0.6 is 7.75 Å². The summed E-state index contributed by atoms with van der Waals surface area (Å²) < 4.78 is 51.7. The minimum absolute atomic E-state index is 0.219. The van der Waals surface area contributed by atoms with E-state index in [9.17, 15) is 14.6 Å². The molecule has 242 valence electrons. The maximum atomic E-state index is 14.2. The summed E-state index contributed by atoms with van der Waals surface area (Å²) in [6.45, 7) is 8.91. The first-order valence-corrected chi connectivity index (χ1v) is 16.5. The number of esters is 1. The Labute approximate surface area is 261 Å². The Morgan fingerprint density at radius 1 is 1.18 bits per heavy atom. The van der Waals surface area contributed by atoms with Gasteiger partial charge in [-0.25, -0.2) is 14.1 Å². The van der Waals surface area contributed by atoms with E-state index in [4.69, 9.17) is 33.7 Å². The van der Waals surface area contributed by atoms with Crippen LogP contribution in [0.25, 0.3) is 5.52 Å². The third kappa shape index (κ3) is 6.70. The Balaban J connectivity index is 1.40. The highest BCUT2D eigenvalue weighted by molar-refractivity contribution is 7.52. The number of para-hydroxylation sites is 1. The molecule has 2 aliphatic heterocycles. The van der Waals surface area contributed by atoms with Gasteiger partial charge in [0.25, 0.3) is 0 Å². The second-order valence-corrected chi connectivity index (χ2v) is 13.2. The van der Waals surface area contributed by atoms with Crippen molar-refractivity contribution in [2.24, 2.45) is 5.92 Å². The Bertz CT molecular complexity index is 1590. The fourth-order valence-corrected chi connectivity index (χ4v) is 6.99. The highest BCUT2D eigenvalue weighted by atomic mass is 31.2. The minimum atomic E-state index is -4.24. The largest absolute Gasteiger partial charge is 0.464 e. The van der Waals surface area contributed by atoms with Gasteiger partial charge >= 0.3 is 13.7 Å². The smallest absolute Gasteiger partial charge is 0.459 e. The van der Waals surface area contributed by atoms with E-state index in [2.05, 4.69) is 21.2 Å². The van der Waals surface area contributed by atoms with Crippen LogP contribution in [-0.2, 0) is 38.4 Å². The van der Waals surface area contributed by atoms with Gasteiger partial charge in [0.2, 0.25) is 5.60 Å². The summed E-state index contributed by atoms with van der Waals surface area (Å²) in [6.07, 6.45) is 0.325. The number of nitriles is 1. The lowest BCUT2D eigenvalue weighted by atomic mass is 9.92. The number of nitrogens with two attached hydrogens (primary N) is 1. The van der Waals surface area contributed by atoms with Crippen LogP contribution in [0.4, 0.5) is 5.82 Å². The second kappa shape index (κ2) is 13.0. The lowest BCUT2D eigenvalue weighted by Crippen LogP contribution is -2.40. The molecule has 6 atom stereocenters. The number of hydrogen-bond donors (Lipinski definition) is 2. The average Bonchev–Trinajstić information content (AvgIpc) is 3.68. The van der Waals surface area contributed by atoms with Crippen LogP contribution in [0.5, 0.6) is 5.75 Å². The normalized spacial score (nSPS) is 25.8. The maximum Gasteiger partial charge on any atom is 0.459 e. The third-order valence-corrected chi connectivity index (χ3v) is 9.60. The highest BCUT2D eigenvalue weighted by Gasteiger charge is 2.65. The molecule has 0 radical (unpaired) electrons. The van der Waals surface area contributed by atoms with Crippen LogP contribution in [0.15, 0.2) is 48.8 Å². The molecule has 4 heterocycles. The molecule has 45 heavy (non-hydrogen) atoms. The predicted molar refractivity (Wildman–Crippen MR) is 162 cm³/mol. The summed E-state index contributed by atoms with van der Waals surface area (Å²) in [5.41, 5.74) is 5.17. The Kier molecular flexibility index (Phi) is 9.51. The van der Waals surface area contributed by atoms with Gasteiger partial charge in [0, 0.05) is 0 Å². The lowest BCUT2D eigenvalue weighted by Gasteiger charge is -2.29. The van der Waals surface area contributed by atoms with Crippen LogP contribution in [-0.4, -0.2) is 63.9 Å². The number of aromatic nitrogens is 3. The van der Waals surface area contributed by atoms with Gasteiger partial charge in [0.15, 0.2) is 11.6 Å². The molecule has 0 spiro atoms. The number of hydrogen-bond acceptors (Lipinski definition) is 12. The molecule has 5 rings (SSSR count). The van der Waals surface area contributed by atoms with Crippen LogP contribution in [0, 0.1) is 17.2 Å². The first-order chi connectivity index (χ1) is 21.4. The highest BCUT2D eigenvalue weighted by Crippen LogP contribution is 2.51. The Morgan fingerprint density at radius 3 is 2.60 bits per heavy atom. The van der Waals surface area contributed by atoms with Crippen LogP contribution in [0.1, 0.15) is 53.2 Å². The van der Waals surface area contributed by atoms with Gasteiger partial charge in [-0.05, 0) is 51.0 Å². The fraction of sp³-hybridized carbons (Fsp3) is 0.533. The molecule has 1 unspecified atom stereocenters. The predicted octanol–water partition coefficient (Wildman–Crippen LogP) is 4.11. The number of benzene rings is 1. The first-order valence-electron chi connectivity index (χ1n) is 14.9. The summed E-state index contributed by atoms with van der Waals surface area (Å²) in [5.74, 6) is -0.980. The van der Waals surface area contributed by atoms with E-state index in [1.807, 2.05) is 13.8 Å². The number of rotatable bonds is 13. The average molecular weight is 643 g/mol. The SMILES string of the molecule is CCC(CC)COC(=O)[C@H](C)N[P@](=O)(OCC1O[C@@](C#N)(c2ccc3c(N)ncnn23)[C@@H]2OC(C)(C)O[C@H]12)Oc1ccccc1. The Hall–Kier alpha value is -3.57. The van der Waals surface area contributed by atoms with Crippen molar-refractivity contribution in [3.05, 3.63) is 54.5 Å². The lowest BCUT2D eigenvalue weighted by molar-refractivity contribution is -0.204. The van der Waals surface area contributed by atoms with Gasteiger partial charge in [0.1, 0.15) is 48.0 Å². The molecule has 0 aliphatic carbocycles. The van der Waals surface area contributed by atoms with E-state index >= 15 is 0 Å². The van der Waals surface area contributed by atoms with Gasteiger partial charge < -0.3 is 29.2 Å². The summed E-state index contributed by atoms with van der Waals surface area (Å²) in [7, 11) is -4.24. The molecule has 0 amide bonds. The number of fused-ring (bicyclic) bond motifs is 2. The molecular weight excluding hydrogens is 603 g/mol. The molecule has 0 saturated carbocycles. The van der Waals surface area contributed by atoms with E-state index in [1.165, 1.54) is 17.8 Å². The molecule has 0 bridgehead atoms. The zero-order chi connectivity index (χ0) is 32.4. The fourth-order valence-electron chi connectivity index (χ4n) is 5.49. The van der Waals surface area contributed by atoms with E-state index in [0.29, 0.717) is 11.2 Å². The van der Waals surface area contributed by atoms with Crippen molar-refractivity contribution in [1.29, 1.82) is 5.26 Å². The van der Waals surface area contributed by atoms with Crippen LogP contribution < -0.4 is 15.3 Å². The van der Waals surface area contributed by atoms with Crippen molar-refractivity contribution in [2.45, 2.75) is 83.2 Å². The first kappa shape index (κ1) is 32.8. The number of nitrogen functional groups attached to an aromatic ring is 1. The van der Waals surface area contributed by atoms with E-state index in [0.717, 1.165) is 12.8 Å². The molecule has 1 aromatic carbocycles. The van der Waals surface area contributed by atoms with Gasteiger partial charge in [0.05, 0.1) is 18.9 Å². The van der Waals surface area contributed by atoms with Gasteiger partial charge in [-0.2, -0.15) is 15.4 Å². The number of nitrogens with one attached hydrogen (secondary N) is 1. The van der Waals surface area contributed by atoms with Gasteiger partial charge in [-0.3, -0.25) is 9.32 Å². The monoisotopic (exact) mass is 642 g/mol. The van der Waals surface area contributed by atoms with Crippen LogP contribution in [0.2, 0.25) is 0 Å². The summed E-state index contributed by atoms with van der Waals surface area (Å²) in [6, 6.07) is 13.0. The van der Waals surface area contributed by atoms with E-state index < -0.39 is 49.5 Å². The quantitative estimate of drug-likeness (QED) is 0.201. The molecule has 2 aliphatic rings. The van der Waals surface area contributed by atoms with Crippen molar-refractivity contribution < 1.29 is 37.4 Å². The molecule has 2 fully saturated rings. The molecule has 14 nitrogen and oxygen atoms in total. The summed E-state index contributed by atoms with van der Waals surface area (Å²) in [4.78, 5) is 16.9. The third-order valence-electron chi connectivity index (χ3n) is 7.96. The number of ether oxygens (including phenoxy) is 4. The molecule has 3 N–H and O–H groups in total. The molecular formula is C30H39N6O8P. The minimum Gasteiger partial charge on any atom is -0.464 e. The van der Waals surface area contributed by atoms with Crippen molar-refractivity contribution in [1.82, 2.24) is 19.7 Å². The van der Waals surface area contributed by atoms with E-state index in [1.54, 1.807) is 56.3 Å². The summed E-state index contributed by atoms with van der Waals surface area (Å²) >= 11 is 0. The summed E-state index contributed by atoms with van der Waals surface area (Å²) in [5, 5.41) is 17.6. The van der Waals surface area contributed by atoms with Crippen molar-refractivity contribution in [3.8, 4) is 11.8 Å². The number of carbonyl (C=O) groups excluding carboxylic acids is 1. The van der Waals surface area contributed by atoms with Crippen molar-refractivity contribution >= 4 is 25.1 Å². The number of anilines is 1. The zero-order valence-electron chi connectivity index (χ0n) is 25.9. The standard InChI is InChI=1S/C30H39N6O8P/c1-6-20(7-2)15-39-28(37)19(3)35-45(38,44-21-11-9-8-10-12-21)40-16-23-25-26(43-29(4,5)42-25)30(17-31,41-23)24-14-13-22-27(32)33-18-34-36(22)24/h8-14,18-20,23,25-26H,6-7,15-16H2,1-5H3,(H,35,38)(H2,32,33,34)/t19-,23?,25+,26+,30-,45-/m0/s1. The molecule has 15 heteroatoms.